The number of aromatic nitrogens is 1. The maximum Gasteiger partial charge on any atom is 0.126 e. The number of aliphatic hydroxyl groups excluding tert-OH is 1. The van der Waals surface area contributed by atoms with E-state index < -0.39 is 17.7 Å². The minimum Gasteiger partial charge on any atom is -0.386 e. The maximum absolute atomic E-state index is 13.1. The lowest BCUT2D eigenvalue weighted by Gasteiger charge is -2.13. The van der Waals surface area contributed by atoms with Crippen LogP contribution in [0.3, 0.4) is 0 Å². The Bertz CT molecular complexity index is 584. The van der Waals surface area contributed by atoms with Crippen molar-refractivity contribution < 1.29 is 13.9 Å². The molecule has 0 spiro atoms. The lowest BCUT2D eigenvalue weighted by atomic mass is 10.0. The van der Waals surface area contributed by atoms with Crippen LogP contribution in [-0.4, -0.2) is 10.1 Å². The molecule has 0 radical (unpaired) electrons. The molecule has 2 rings (SSSR count). The SMILES string of the molecule is Cc1ccc(Br)c(C(O)Cc2cc(F)cc(F)c2)n1. The summed E-state index contributed by atoms with van der Waals surface area (Å²) >= 11 is 3.30. The number of pyridine rings is 1. The molecular weight excluding hydrogens is 316 g/mol. The largest absolute Gasteiger partial charge is 0.386 e. The van der Waals surface area contributed by atoms with Crippen molar-refractivity contribution in [1.82, 2.24) is 4.98 Å². The van der Waals surface area contributed by atoms with Gasteiger partial charge in [0.05, 0.1) is 5.69 Å². The third-order valence-corrected chi connectivity index (χ3v) is 3.35. The van der Waals surface area contributed by atoms with Crippen LogP contribution in [-0.2, 0) is 6.42 Å². The Morgan fingerprint density at radius 2 is 1.84 bits per heavy atom. The van der Waals surface area contributed by atoms with Gasteiger partial charge in [-0.15, -0.1) is 0 Å². The Balaban J connectivity index is 2.25. The summed E-state index contributed by atoms with van der Waals surface area (Å²) < 4.78 is 26.8. The van der Waals surface area contributed by atoms with Gasteiger partial charge in [0.15, 0.2) is 0 Å². The van der Waals surface area contributed by atoms with Crippen molar-refractivity contribution >= 4 is 15.9 Å². The molecule has 5 heteroatoms. The highest BCUT2D eigenvalue weighted by Gasteiger charge is 2.15. The number of benzene rings is 1. The van der Waals surface area contributed by atoms with Gasteiger partial charge in [-0.3, -0.25) is 4.98 Å². The van der Waals surface area contributed by atoms with Gasteiger partial charge < -0.3 is 5.11 Å². The van der Waals surface area contributed by atoms with E-state index in [0.717, 1.165) is 11.8 Å². The highest BCUT2D eigenvalue weighted by atomic mass is 79.9. The fourth-order valence-corrected chi connectivity index (χ4v) is 2.33. The normalized spacial score (nSPS) is 12.5. The van der Waals surface area contributed by atoms with Gasteiger partial charge >= 0.3 is 0 Å². The van der Waals surface area contributed by atoms with E-state index in [1.165, 1.54) is 12.1 Å². The van der Waals surface area contributed by atoms with E-state index in [1.54, 1.807) is 6.07 Å². The molecule has 19 heavy (non-hydrogen) atoms. The van der Waals surface area contributed by atoms with Gasteiger partial charge in [0.25, 0.3) is 0 Å². The van der Waals surface area contributed by atoms with Crippen LogP contribution < -0.4 is 0 Å². The highest BCUT2D eigenvalue weighted by molar-refractivity contribution is 9.10. The third-order valence-electron chi connectivity index (χ3n) is 2.68. The third kappa shape index (κ3) is 3.58. The molecular formula is C14H12BrF2NO. The molecule has 1 unspecified atom stereocenters. The fraction of sp³-hybridized carbons (Fsp3) is 0.214. The average Bonchev–Trinajstić information content (AvgIpc) is 2.30. The molecule has 0 bridgehead atoms. The molecule has 0 aliphatic rings. The van der Waals surface area contributed by atoms with Crippen molar-refractivity contribution in [3.05, 3.63) is 63.4 Å². The first-order chi connectivity index (χ1) is 8.95. The smallest absolute Gasteiger partial charge is 0.126 e. The zero-order valence-corrected chi connectivity index (χ0v) is 11.8. The number of aliphatic hydroxyl groups is 1. The van der Waals surface area contributed by atoms with Gasteiger partial charge in [0.2, 0.25) is 0 Å². The van der Waals surface area contributed by atoms with Crippen molar-refractivity contribution in [3.63, 3.8) is 0 Å². The first kappa shape index (κ1) is 14.1. The highest BCUT2D eigenvalue weighted by Crippen LogP contribution is 2.25. The van der Waals surface area contributed by atoms with Crippen LogP contribution >= 0.6 is 15.9 Å². The van der Waals surface area contributed by atoms with Gasteiger partial charge in [-0.05, 0) is 52.7 Å². The second-order valence-corrected chi connectivity index (χ2v) is 5.17. The van der Waals surface area contributed by atoms with E-state index in [9.17, 15) is 13.9 Å². The predicted molar refractivity (Wildman–Crippen MR) is 71.7 cm³/mol. The van der Waals surface area contributed by atoms with Crippen LogP contribution in [0.1, 0.15) is 23.1 Å². The second kappa shape index (κ2) is 5.75. The Hall–Kier alpha value is -1.33. The van der Waals surface area contributed by atoms with Crippen molar-refractivity contribution in [2.45, 2.75) is 19.4 Å². The molecule has 2 aromatic rings. The quantitative estimate of drug-likeness (QED) is 0.932. The molecule has 0 amide bonds. The van der Waals surface area contributed by atoms with Crippen molar-refractivity contribution in [1.29, 1.82) is 0 Å². The number of nitrogens with zero attached hydrogens (tertiary/aromatic N) is 1. The molecule has 1 atom stereocenters. The molecule has 0 saturated heterocycles. The fourth-order valence-electron chi connectivity index (χ4n) is 1.84. The van der Waals surface area contributed by atoms with E-state index in [0.29, 0.717) is 15.7 Å². The molecule has 1 aromatic carbocycles. The number of hydrogen-bond donors (Lipinski definition) is 1. The van der Waals surface area contributed by atoms with Gasteiger partial charge in [0.1, 0.15) is 17.7 Å². The summed E-state index contributed by atoms with van der Waals surface area (Å²) in [7, 11) is 0. The molecule has 0 fully saturated rings. The Labute approximate surface area is 118 Å². The van der Waals surface area contributed by atoms with Crippen molar-refractivity contribution in [3.8, 4) is 0 Å². The summed E-state index contributed by atoms with van der Waals surface area (Å²) in [6.45, 7) is 1.81. The molecule has 100 valence electrons. The first-order valence-corrected chi connectivity index (χ1v) is 6.51. The molecule has 1 N–H and O–H groups in total. The van der Waals surface area contributed by atoms with Gasteiger partial charge in [-0.1, -0.05) is 0 Å². The van der Waals surface area contributed by atoms with Crippen LogP contribution in [0, 0.1) is 18.6 Å². The minimum atomic E-state index is -0.921. The maximum atomic E-state index is 13.1. The van der Waals surface area contributed by atoms with Gasteiger partial charge in [-0.2, -0.15) is 0 Å². The topological polar surface area (TPSA) is 33.1 Å². The lowest BCUT2D eigenvalue weighted by molar-refractivity contribution is 0.172. The van der Waals surface area contributed by atoms with Crippen LogP contribution in [0.2, 0.25) is 0 Å². The number of hydrogen-bond acceptors (Lipinski definition) is 2. The van der Waals surface area contributed by atoms with Crippen LogP contribution in [0.5, 0.6) is 0 Å². The summed E-state index contributed by atoms with van der Waals surface area (Å²) in [4.78, 5) is 4.23. The minimum absolute atomic E-state index is 0.101. The number of rotatable bonds is 3. The standard InChI is InChI=1S/C14H12BrF2NO/c1-8-2-3-12(15)14(18-8)13(19)6-9-4-10(16)7-11(17)5-9/h2-5,7,13,19H,6H2,1H3. The zero-order valence-electron chi connectivity index (χ0n) is 10.2. The molecule has 1 aromatic heterocycles. The van der Waals surface area contributed by atoms with Crippen LogP contribution in [0.4, 0.5) is 8.78 Å². The second-order valence-electron chi connectivity index (χ2n) is 4.32. The molecule has 0 aliphatic heterocycles. The number of aryl methyl sites for hydroxylation is 1. The van der Waals surface area contributed by atoms with E-state index in [4.69, 9.17) is 0 Å². The summed E-state index contributed by atoms with van der Waals surface area (Å²) in [5.74, 6) is -1.31. The van der Waals surface area contributed by atoms with E-state index in [-0.39, 0.29) is 6.42 Å². The Morgan fingerprint density at radius 1 is 1.21 bits per heavy atom. The van der Waals surface area contributed by atoms with Crippen molar-refractivity contribution in [2.75, 3.05) is 0 Å². The van der Waals surface area contributed by atoms with E-state index >= 15 is 0 Å². The monoisotopic (exact) mass is 327 g/mol. The molecule has 2 nitrogen and oxygen atoms in total. The summed E-state index contributed by atoms with van der Waals surface area (Å²) in [6.07, 6.45) is -0.820. The van der Waals surface area contributed by atoms with Crippen LogP contribution in [0.25, 0.3) is 0 Å². The lowest BCUT2D eigenvalue weighted by Crippen LogP contribution is -2.06. The first-order valence-electron chi connectivity index (χ1n) is 5.72. The zero-order chi connectivity index (χ0) is 14.0. The summed E-state index contributed by atoms with van der Waals surface area (Å²) in [6, 6.07) is 6.80. The number of halogens is 3. The summed E-state index contributed by atoms with van der Waals surface area (Å²) in [5.41, 5.74) is 1.62. The average molecular weight is 328 g/mol. The molecule has 0 aliphatic carbocycles. The summed E-state index contributed by atoms with van der Waals surface area (Å²) in [5, 5.41) is 10.1. The van der Waals surface area contributed by atoms with Crippen LogP contribution in [0.15, 0.2) is 34.8 Å². The van der Waals surface area contributed by atoms with Crippen molar-refractivity contribution in [2.24, 2.45) is 0 Å². The van der Waals surface area contributed by atoms with Gasteiger partial charge in [0, 0.05) is 22.7 Å². The van der Waals surface area contributed by atoms with E-state index in [2.05, 4.69) is 20.9 Å². The molecule has 1 heterocycles. The van der Waals surface area contributed by atoms with Gasteiger partial charge in [-0.25, -0.2) is 8.78 Å². The predicted octanol–water partition coefficient (Wildman–Crippen LogP) is 3.71. The molecule has 0 saturated carbocycles. The van der Waals surface area contributed by atoms with E-state index in [1.807, 2.05) is 13.0 Å². The Kier molecular flexibility index (Phi) is 4.27. The Morgan fingerprint density at radius 3 is 2.47 bits per heavy atom.